The predicted octanol–water partition coefficient (Wildman–Crippen LogP) is 2.54. The molecule has 0 amide bonds. The van der Waals surface area contributed by atoms with Crippen molar-refractivity contribution < 1.29 is 9.13 Å². The largest absolute Gasteiger partial charge is 0.495 e. The minimum Gasteiger partial charge on any atom is -0.495 e. The van der Waals surface area contributed by atoms with Gasteiger partial charge in [-0.05, 0) is 36.4 Å². The third-order valence-corrected chi connectivity index (χ3v) is 2.77. The fraction of sp³-hybridized carbons (Fsp3) is 0.214. The highest BCUT2D eigenvalue weighted by molar-refractivity contribution is 5.34. The zero-order chi connectivity index (χ0) is 13.0. The summed E-state index contributed by atoms with van der Waals surface area (Å²) in [5.74, 6) is 0.438. The quantitative estimate of drug-likeness (QED) is 0.900. The molecule has 1 aromatic heterocycles. The molecule has 18 heavy (non-hydrogen) atoms. The van der Waals surface area contributed by atoms with Gasteiger partial charge in [-0.1, -0.05) is 12.1 Å². The van der Waals surface area contributed by atoms with Gasteiger partial charge in [0.1, 0.15) is 11.6 Å². The number of halogens is 1. The minimum atomic E-state index is -0.247. The molecule has 0 spiro atoms. The molecular formula is C14H15FN2O. The van der Waals surface area contributed by atoms with Gasteiger partial charge in [-0.15, -0.1) is 0 Å². The van der Waals surface area contributed by atoms with Gasteiger partial charge in [0.2, 0.25) is 0 Å². The van der Waals surface area contributed by atoms with E-state index in [-0.39, 0.29) is 11.9 Å². The van der Waals surface area contributed by atoms with E-state index < -0.39 is 0 Å². The molecule has 0 aliphatic heterocycles. The summed E-state index contributed by atoms with van der Waals surface area (Å²) in [6, 6.07) is 8.30. The Morgan fingerprint density at radius 1 is 1.22 bits per heavy atom. The fourth-order valence-corrected chi connectivity index (χ4v) is 1.92. The molecule has 1 unspecified atom stereocenters. The maximum absolute atomic E-state index is 13.3. The van der Waals surface area contributed by atoms with Gasteiger partial charge >= 0.3 is 0 Å². The van der Waals surface area contributed by atoms with E-state index in [1.165, 1.54) is 12.1 Å². The van der Waals surface area contributed by atoms with E-state index in [0.717, 1.165) is 11.1 Å². The number of rotatable bonds is 4. The van der Waals surface area contributed by atoms with Crippen molar-refractivity contribution in [2.75, 3.05) is 14.2 Å². The second-order valence-corrected chi connectivity index (χ2v) is 3.93. The maximum atomic E-state index is 13.3. The third kappa shape index (κ3) is 2.65. The standard InChI is InChI=1S/C14H15FN2O/c1-16-14(10-4-3-5-12(15)6-10)11-7-13(18-2)9-17-8-11/h3-9,14,16H,1-2H3. The number of benzene rings is 1. The Balaban J connectivity index is 2.38. The van der Waals surface area contributed by atoms with Gasteiger partial charge in [-0.2, -0.15) is 0 Å². The van der Waals surface area contributed by atoms with Crippen molar-refractivity contribution in [1.82, 2.24) is 10.3 Å². The van der Waals surface area contributed by atoms with E-state index in [1.54, 1.807) is 25.6 Å². The lowest BCUT2D eigenvalue weighted by atomic mass is 10.0. The number of hydrogen-bond acceptors (Lipinski definition) is 3. The van der Waals surface area contributed by atoms with Gasteiger partial charge in [-0.3, -0.25) is 4.98 Å². The van der Waals surface area contributed by atoms with Crippen LogP contribution in [-0.4, -0.2) is 19.1 Å². The molecule has 2 aromatic rings. The van der Waals surface area contributed by atoms with Gasteiger partial charge in [-0.25, -0.2) is 4.39 Å². The Morgan fingerprint density at radius 2 is 2.06 bits per heavy atom. The lowest BCUT2D eigenvalue weighted by molar-refractivity contribution is 0.411. The molecule has 2 rings (SSSR count). The first-order chi connectivity index (χ1) is 8.74. The molecule has 0 saturated carbocycles. The van der Waals surface area contributed by atoms with Crippen LogP contribution in [0.25, 0.3) is 0 Å². The number of aromatic nitrogens is 1. The van der Waals surface area contributed by atoms with Crippen molar-refractivity contribution >= 4 is 0 Å². The van der Waals surface area contributed by atoms with Gasteiger partial charge in [0.25, 0.3) is 0 Å². The first-order valence-electron chi connectivity index (χ1n) is 5.66. The highest BCUT2D eigenvalue weighted by atomic mass is 19.1. The summed E-state index contributed by atoms with van der Waals surface area (Å²) in [5, 5.41) is 3.15. The van der Waals surface area contributed by atoms with Crippen LogP contribution >= 0.6 is 0 Å². The molecular weight excluding hydrogens is 231 g/mol. The summed E-state index contributed by atoms with van der Waals surface area (Å²) in [7, 11) is 3.42. The van der Waals surface area contributed by atoms with E-state index in [2.05, 4.69) is 10.3 Å². The van der Waals surface area contributed by atoms with E-state index in [4.69, 9.17) is 4.74 Å². The molecule has 1 aromatic carbocycles. The Hall–Kier alpha value is -1.94. The van der Waals surface area contributed by atoms with Crippen molar-refractivity contribution in [3.8, 4) is 5.75 Å². The molecule has 4 heteroatoms. The van der Waals surface area contributed by atoms with E-state index in [1.807, 2.05) is 19.2 Å². The van der Waals surface area contributed by atoms with Crippen molar-refractivity contribution in [1.29, 1.82) is 0 Å². The number of nitrogens with zero attached hydrogens (tertiary/aromatic N) is 1. The molecule has 0 saturated heterocycles. The average molecular weight is 246 g/mol. The molecule has 3 nitrogen and oxygen atoms in total. The Labute approximate surface area is 106 Å². The topological polar surface area (TPSA) is 34.2 Å². The van der Waals surface area contributed by atoms with Crippen molar-refractivity contribution in [2.24, 2.45) is 0 Å². The molecule has 1 atom stereocenters. The summed E-state index contributed by atoms with van der Waals surface area (Å²) in [5.41, 5.74) is 1.79. The van der Waals surface area contributed by atoms with Crippen molar-refractivity contribution in [3.63, 3.8) is 0 Å². The lowest BCUT2D eigenvalue weighted by Gasteiger charge is -2.17. The highest BCUT2D eigenvalue weighted by Crippen LogP contribution is 2.24. The normalized spacial score (nSPS) is 12.2. The van der Waals surface area contributed by atoms with Crippen LogP contribution in [0.1, 0.15) is 17.2 Å². The van der Waals surface area contributed by atoms with Crippen LogP contribution in [0, 0.1) is 5.82 Å². The summed E-state index contributed by atoms with van der Waals surface area (Å²) >= 11 is 0. The number of ether oxygens (including phenoxy) is 1. The Kier molecular flexibility index (Phi) is 3.89. The summed E-state index contributed by atoms with van der Waals surface area (Å²) in [6.07, 6.45) is 3.39. The van der Waals surface area contributed by atoms with Crippen LogP contribution in [0.3, 0.4) is 0 Å². The van der Waals surface area contributed by atoms with E-state index >= 15 is 0 Å². The Morgan fingerprint density at radius 3 is 2.72 bits per heavy atom. The zero-order valence-electron chi connectivity index (χ0n) is 10.4. The van der Waals surface area contributed by atoms with E-state index in [9.17, 15) is 4.39 Å². The SMILES string of the molecule is CNC(c1cccc(F)c1)c1cncc(OC)c1. The molecule has 1 heterocycles. The predicted molar refractivity (Wildman–Crippen MR) is 68.1 cm³/mol. The van der Waals surface area contributed by atoms with Crippen LogP contribution in [0.15, 0.2) is 42.7 Å². The lowest BCUT2D eigenvalue weighted by Crippen LogP contribution is -2.18. The van der Waals surface area contributed by atoms with Gasteiger partial charge in [0.05, 0.1) is 19.3 Å². The average Bonchev–Trinajstić information content (AvgIpc) is 2.40. The molecule has 0 aliphatic rings. The first kappa shape index (κ1) is 12.5. The minimum absolute atomic E-state index is 0.108. The van der Waals surface area contributed by atoms with Crippen molar-refractivity contribution in [3.05, 3.63) is 59.7 Å². The van der Waals surface area contributed by atoms with Crippen LogP contribution < -0.4 is 10.1 Å². The number of nitrogens with one attached hydrogen (secondary N) is 1. The molecule has 94 valence electrons. The van der Waals surface area contributed by atoms with Crippen LogP contribution in [0.4, 0.5) is 4.39 Å². The smallest absolute Gasteiger partial charge is 0.137 e. The van der Waals surface area contributed by atoms with Gasteiger partial charge < -0.3 is 10.1 Å². The summed E-state index contributed by atoms with van der Waals surface area (Å²) < 4.78 is 18.4. The third-order valence-electron chi connectivity index (χ3n) is 2.77. The number of pyridine rings is 1. The highest BCUT2D eigenvalue weighted by Gasteiger charge is 2.13. The molecule has 0 radical (unpaired) electrons. The molecule has 1 N–H and O–H groups in total. The molecule has 0 bridgehead atoms. The van der Waals surface area contributed by atoms with Crippen LogP contribution in [0.2, 0.25) is 0 Å². The number of methoxy groups -OCH3 is 1. The van der Waals surface area contributed by atoms with Crippen molar-refractivity contribution in [2.45, 2.75) is 6.04 Å². The number of hydrogen-bond donors (Lipinski definition) is 1. The second-order valence-electron chi connectivity index (χ2n) is 3.93. The molecule has 0 fully saturated rings. The monoisotopic (exact) mass is 246 g/mol. The maximum Gasteiger partial charge on any atom is 0.137 e. The zero-order valence-corrected chi connectivity index (χ0v) is 10.4. The van der Waals surface area contributed by atoms with E-state index in [0.29, 0.717) is 5.75 Å². The van der Waals surface area contributed by atoms with Gasteiger partial charge in [0.15, 0.2) is 0 Å². The molecule has 0 aliphatic carbocycles. The van der Waals surface area contributed by atoms with Crippen LogP contribution in [-0.2, 0) is 0 Å². The fourth-order valence-electron chi connectivity index (χ4n) is 1.92. The second kappa shape index (κ2) is 5.60. The summed E-state index contributed by atoms with van der Waals surface area (Å²) in [6.45, 7) is 0. The van der Waals surface area contributed by atoms with Crippen LogP contribution in [0.5, 0.6) is 5.75 Å². The first-order valence-corrected chi connectivity index (χ1v) is 5.66. The Bertz CT molecular complexity index is 531. The van der Waals surface area contributed by atoms with Gasteiger partial charge in [0, 0.05) is 6.20 Å². The summed E-state index contributed by atoms with van der Waals surface area (Å²) in [4.78, 5) is 4.11.